The minimum atomic E-state index is -1.86. The van der Waals surface area contributed by atoms with Crippen LogP contribution in [0.5, 0.6) is 0 Å². The predicted molar refractivity (Wildman–Crippen MR) is 38.8 cm³/mol. The fourth-order valence-corrected chi connectivity index (χ4v) is 1.21. The zero-order chi connectivity index (χ0) is 7.56. The van der Waals surface area contributed by atoms with Crippen LogP contribution in [0.1, 0.15) is 12.8 Å². The summed E-state index contributed by atoms with van der Waals surface area (Å²) in [6, 6.07) is 0. The van der Waals surface area contributed by atoms with Gasteiger partial charge >= 0.3 is 0 Å². The van der Waals surface area contributed by atoms with Crippen molar-refractivity contribution in [2.45, 2.75) is 12.8 Å². The zero-order valence-electron chi connectivity index (χ0n) is 5.28. The van der Waals surface area contributed by atoms with E-state index in [-0.39, 0.29) is 5.76 Å². The summed E-state index contributed by atoms with van der Waals surface area (Å²) >= 11 is -1.86. The molecular weight excluding hydrogens is 152 g/mol. The number of allylic oxidation sites excluding steroid dienone is 4. The molecule has 1 atom stereocenters. The van der Waals surface area contributed by atoms with Crippen molar-refractivity contribution in [2.75, 3.05) is 0 Å². The van der Waals surface area contributed by atoms with Gasteiger partial charge in [-0.25, -0.2) is 4.21 Å². The highest BCUT2D eigenvalue weighted by atomic mass is 32.2. The summed E-state index contributed by atoms with van der Waals surface area (Å²) in [5, 5.41) is 8.84. The average molecular weight is 160 g/mol. The van der Waals surface area contributed by atoms with Crippen LogP contribution in [0.15, 0.2) is 22.8 Å². The Morgan fingerprint density at radius 3 is 2.50 bits per heavy atom. The topological polar surface area (TPSA) is 57.5 Å². The molecule has 0 aromatic heterocycles. The zero-order valence-corrected chi connectivity index (χ0v) is 6.10. The first-order chi connectivity index (χ1) is 4.70. The standard InChI is InChI=1S/C6H8O3S/c7-5-1-3-6(4-2-5)10(8)9/h1,3,7H,2,4H2,(H,8,9). The summed E-state index contributed by atoms with van der Waals surface area (Å²) in [6.07, 6.45) is 3.88. The Kier molecular flexibility index (Phi) is 2.24. The Bertz CT molecular complexity index is 217. The van der Waals surface area contributed by atoms with Gasteiger partial charge in [0.15, 0.2) is 11.1 Å². The maximum absolute atomic E-state index is 10.4. The summed E-state index contributed by atoms with van der Waals surface area (Å²) in [5.41, 5.74) is 0. The Labute approximate surface area is 61.4 Å². The molecule has 0 fully saturated rings. The quantitative estimate of drug-likeness (QED) is 0.569. The van der Waals surface area contributed by atoms with Gasteiger partial charge in [0.05, 0.1) is 5.76 Å². The predicted octanol–water partition coefficient (Wildman–Crippen LogP) is 1.33. The Morgan fingerprint density at radius 1 is 1.40 bits per heavy atom. The molecular formula is C6H8O3S. The van der Waals surface area contributed by atoms with Crippen molar-refractivity contribution < 1.29 is 13.9 Å². The van der Waals surface area contributed by atoms with Crippen LogP contribution < -0.4 is 0 Å². The van der Waals surface area contributed by atoms with Gasteiger partial charge in [-0.3, -0.25) is 0 Å². The molecule has 0 amide bonds. The largest absolute Gasteiger partial charge is 0.512 e. The highest BCUT2D eigenvalue weighted by molar-refractivity contribution is 7.83. The fourth-order valence-electron chi connectivity index (χ4n) is 0.753. The smallest absolute Gasteiger partial charge is 0.182 e. The molecule has 4 heteroatoms. The Morgan fingerprint density at radius 2 is 2.10 bits per heavy atom. The average Bonchev–Trinajstić information content (AvgIpc) is 1.88. The van der Waals surface area contributed by atoms with E-state index in [0.717, 1.165) is 0 Å². The van der Waals surface area contributed by atoms with Crippen molar-refractivity contribution in [1.29, 1.82) is 0 Å². The molecule has 56 valence electrons. The van der Waals surface area contributed by atoms with Crippen LogP contribution >= 0.6 is 0 Å². The minimum Gasteiger partial charge on any atom is -0.512 e. The van der Waals surface area contributed by atoms with Crippen LogP contribution in [0.25, 0.3) is 0 Å². The monoisotopic (exact) mass is 160 g/mol. The van der Waals surface area contributed by atoms with Gasteiger partial charge in [0.2, 0.25) is 0 Å². The van der Waals surface area contributed by atoms with Gasteiger partial charge in [0.1, 0.15) is 0 Å². The molecule has 2 N–H and O–H groups in total. The number of hydrogen-bond donors (Lipinski definition) is 2. The second-order valence-corrected chi connectivity index (χ2v) is 3.06. The van der Waals surface area contributed by atoms with E-state index < -0.39 is 11.1 Å². The highest BCUT2D eigenvalue weighted by Crippen LogP contribution is 2.17. The molecule has 0 saturated carbocycles. The molecule has 0 bridgehead atoms. The summed E-state index contributed by atoms with van der Waals surface area (Å²) in [5.74, 6) is 0.272. The van der Waals surface area contributed by atoms with E-state index in [1.807, 2.05) is 0 Å². The van der Waals surface area contributed by atoms with Crippen LogP contribution in [0.2, 0.25) is 0 Å². The van der Waals surface area contributed by atoms with Crippen molar-refractivity contribution in [3.8, 4) is 0 Å². The molecule has 1 aliphatic rings. The van der Waals surface area contributed by atoms with Crippen LogP contribution in [-0.4, -0.2) is 13.9 Å². The normalized spacial score (nSPS) is 21.3. The van der Waals surface area contributed by atoms with E-state index in [1.165, 1.54) is 12.2 Å². The van der Waals surface area contributed by atoms with Crippen molar-refractivity contribution >= 4 is 11.1 Å². The van der Waals surface area contributed by atoms with E-state index in [1.54, 1.807) is 0 Å². The third-order valence-corrected chi connectivity index (χ3v) is 2.10. The summed E-state index contributed by atoms with van der Waals surface area (Å²) < 4.78 is 18.9. The molecule has 0 saturated heterocycles. The summed E-state index contributed by atoms with van der Waals surface area (Å²) in [6.45, 7) is 0. The number of aliphatic hydroxyl groups excluding tert-OH is 1. The molecule has 1 unspecified atom stereocenters. The Balaban J connectivity index is 2.74. The summed E-state index contributed by atoms with van der Waals surface area (Å²) in [7, 11) is 0. The molecule has 1 rings (SSSR count). The van der Waals surface area contributed by atoms with Crippen molar-refractivity contribution in [1.82, 2.24) is 0 Å². The van der Waals surface area contributed by atoms with E-state index in [4.69, 9.17) is 9.66 Å². The lowest BCUT2D eigenvalue weighted by molar-refractivity contribution is 0.386. The van der Waals surface area contributed by atoms with Gasteiger partial charge in [-0.2, -0.15) is 0 Å². The SMILES string of the molecule is O=S(O)C1=CC=C(O)CC1. The Hall–Kier alpha value is -0.610. The van der Waals surface area contributed by atoms with E-state index in [9.17, 15) is 4.21 Å². The maximum atomic E-state index is 10.4. The molecule has 0 spiro atoms. The molecule has 3 nitrogen and oxygen atoms in total. The molecule has 10 heavy (non-hydrogen) atoms. The van der Waals surface area contributed by atoms with Crippen LogP contribution in [0, 0.1) is 0 Å². The van der Waals surface area contributed by atoms with E-state index in [0.29, 0.717) is 17.7 Å². The van der Waals surface area contributed by atoms with Gasteiger partial charge in [-0.1, -0.05) is 0 Å². The highest BCUT2D eigenvalue weighted by Gasteiger charge is 2.08. The van der Waals surface area contributed by atoms with Gasteiger partial charge in [-0.15, -0.1) is 0 Å². The van der Waals surface area contributed by atoms with E-state index in [2.05, 4.69) is 0 Å². The van der Waals surface area contributed by atoms with Crippen molar-refractivity contribution in [3.63, 3.8) is 0 Å². The number of rotatable bonds is 1. The number of aliphatic hydroxyl groups is 1. The lowest BCUT2D eigenvalue weighted by Crippen LogP contribution is -1.97. The van der Waals surface area contributed by atoms with Crippen LogP contribution in [-0.2, 0) is 11.1 Å². The minimum absolute atomic E-state index is 0.272. The van der Waals surface area contributed by atoms with Crippen LogP contribution in [0.3, 0.4) is 0 Å². The molecule has 0 aliphatic heterocycles. The lowest BCUT2D eigenvalue weighted by Gasteiger charge is -2.05. The second-order valence-electron chi connectivity index (χ2n) is 2.04. The van der Waals surface area contributed by atoms with E-state index >= 15 is 0 Å². The molecule has 0 heterocycles. The van der Waals surface area contributed by atoms with Gasteiger partial charge in [0, 0.05) is 11.3 Å². The molecule has 0 radical (unpaired) electrons. The second kappa shape index (κ2) is 2.98. The van der Waals surface area contributed by atoms with Gasteiger partial charge in [-0.05, 0) is 18.6 Å². The van der Waals surface area contributed by atoms with Gasteiger partial charge in [0.25, 0.3) is 0 Å². The maximum Gasteiger partial charge on any atom is 0.182 e. The van der Waals surface area contributed by atoms with Crippen molar-refractivity contribution in [3.05, 3.63) is 22.8 Å². The first-order valence-electron chi connectivity index (χ1n) is 2.89. The van der Waals surface area contributed by atoms with Gasteiger partial charge < -0.3 is 9.66 Å². The molecule has 0 aromatic rings. The lowest BCUT2D eigenvalue weighted by atomic mass is 10.2. The third kappa shape index (κ3) is 1.68. The molecule has 1 aliphatic carbocycles. The fraction of sp³-hybridized carbons (Fsp3) is 0.333. The molecule has 0 aromatic carbocycles. The number of hydrogen-bond acceptors (Lipinski definition) is 2. The van der Waals surface area contributed by atoms with Crippen molar-refractivity contribution in [2.24, 2.45) is 0 Å². The first-order valence-corrected chi connectivity index (χ1v) is 4.00. The third-order valence-electron chi connectivity index (χ3n) is 1.31. The summed E-state index contributed by atoms with van der Waals surface area (Å²) in [4.78, 5) is 0.470. The van der Waals surface area contributed by atoms with Crippen LogP contribution in [0.4, 0.5) is 0 Å². The first kappa shape index (κ1) is 7.50.